The van der Waals surface area contributed by atoms with Crippen molar-refractivity contribution in [1.29, 1.82) is 5.26 Å². The number of ether oxygens (including phenoxy) is 1. The van der Waals surface area contributed by atoms with Crippen molar-refractivity contribution in [2.75, 3.05) is 19.1 Å². The average Bonchev–Trinajstić information content (AvgIpc) is 3.10. The van der Waals surface area contributed by atoms with Gasteiger partial charge in [-0.1, -0.05) is 0 Å². The number of fused-ring (bicyclic) bond motifs is 3. The van der Waals surface area contributed by atoms with E-state index in [1.807, 2.05) is 48.3 Å². The summed E-state index contributed by atoms with van der Waals surface area (Å²) in [5.41, 5.74) is 2.59. The van der Waals surface area contributed by atoms with Crippen LogP contribution < -0.4 is 9.64 Å². The Labute approximate surface area is 148 Å². The zero-order valence-electron chi connectivity index (χ0n) is 13.6. The molecule has 0 fully saturated rings. The molecule has 0 aliphatic carbocycles. The van der Waals surface area contributed by atoms with E-state index >= 15 is 0 Å². The van der Waals surface area contributed by atoms with Gasteiger partial charge in [0.2, 0.25) is 0 Å². The molecule has 7 heteroatoms. The second kappa shape index (κ2) is 6.00. The van der Waals surface area contributed by atoms with E-state index in [9.17, 15) is 0 Å². The van der Waals surface area contributed by atoms with Crippen LogP contribution in [0.15, 0.2) is 42.7 Å². The highest BCUT2D eigenvalue weighted by Gasteiger charge is 2.16. The van der Waals surface area contributed by atoms with Gasteiger partial charge in [-0.2, -0.15) is 5.26 Å². The topological polar surface area (TPSA) is 74.9 Å². The number of hydrogen-bond acceptors (Lipinski definition) is 7. The number of methoxy groups -OCH3 is 1. The molecule has 0 N–H and O–H groups in total. The van der Waals surface area contributed by atoms with Gasteiger partial charge in [0.15, 0.2) is 5.01 Å². The van der Waals surface area contributed by atoms with Crippen molar-refractivity contribution in [3.8, 4) is 11.8 Å². The van der Waals surface area contributed by atoms with Gasteiger partial charge < -0.3 is 9.64 Å². The quantitative estimate of drug-likeness (QED) is 0.560. The second-order valence-corrected chi connectivity index (χ2v) is 6.39. The van der Waals surface area contributed by atoms with Gasteiger partial charge in [0, 0.05) is 12.7 Å². The van der Waals surface area contributed by atoms with E-state index in [1.54, 1.807) is 13.4 Å². The summed E-state index contributed by atoms with van der Waals surface area (Å²) in [6.45, 7) is 0. The van der Waals surface area contributed by atoms with E-state index in [0.717, 1.165) is 38.4 Å². The molecule has 122 valence electrons. The first-order valence-electron chi connectivity index (χ1n) is 7.53. The Morgan fingerprint density at radius 1 is 1.08 bits per heavy atom. The molecular formula is C18H13N5OS. The molecule has 25 heavy (non-hydrogen) atoms. The number of thiazole rings is 1. The monoisotopic (exact) mass is 347 g/mol. The predicted molar refractivity (Wildman–Crippen MR) is 98.5 cm³/mol. The van der Waals surface area contributed by atoms with Gasteiger partial charge in [-0.15, -0.1) is 11.3 Å². The molecule has 0 radical (unpaired) electrons. The minimum absolute atomic E-state index is 0.435. The van der Waals surface area contributed by atoms with Crippen molar-refractivity contribution in [3.05, 3.63) is 47.7 Å². The van der Waals surface area contributed by atoms with E-state index < -0.39 is 0 Å². The highest BCUT2D eigenvalue weighted by Crippen LogP contribution is 2.36. The van der Waals surface area contributed by atoms with Gasteiger partial charge in [-0.05, 0) is 36.4 Å². The van der Waals surface area contributed by atoms with Crippen LogP contribution in [-0.4, -0.2) is 29.1 Å². The molecule has 6 nitrogen and oxygen atoms in total. The third-order valence-corrected chi connectivity index (χ3v) is 5.00. The van der Waals surface area contributed by atoms with Crippen LogP contribution in [0.1, 0.15) is 5.01 Å². The molecule has 0 bridgehead atoms. The lowest BCUT2D eigenvalue weighted by molar-refractivity contribution is 0.415. The summed E-state index contributed by atoms with van der Waals surface area (Å²) in [6, 6.07) is 13.7. The first-order valence-corrected chi connectivity index (χ1v) is 8.35. The normalized spacial score (nSPS) is 10.8. The fourth-order valence-electron chi connectivity index (χ4n) is 2.75. The lowest BCUT2D eigenvalue weighted by Gasteiger charge is -2.20. The van der Waals surface area contributed by atoms with Crippen LogP contribution in [0.3, 0.4) is 0 Å². The van der Waals surface area contributed by atoms with Crippen molar-refractivity contribution in [3.63, 3.8) is 0 Å². The zero-order chi connectivity index (χ0) is 17.4. The fourth-order valence-corrected chi connectivity index (χ4v) is 3.64. The first kappa shape index (κ1) is 15.3. The van der Waals surface area contributed by atoms with Crippen LogP contribution >= 0.6 is 11.3 Å². The highest BCUT2D eigenvalue weighted by molar-refractivity contribution is 7.20. The molecule has 4 aromatic rings. The first-order chi connectivity index (χ1) is 12.2. The smallest absolute Gasteiger partial charge is 0.195 e. The maximum absolute atomic E-state index is 9.16. The van der Waals surface area contributed by atoms with Crippen molar-refractivity contribution in [1.82, 2.24) is 15.0 Å². The Morgan fingerprint density at radius 3 is 2.56 bits per heavy atom. The van der Waals surface area contributed by atoms with Crippen molar-refractivity contribution in [2.24, 2.45) is 0 Å². The molecule has 0 saturated carbocycles. The average molecular weight is 347 g/mol. The number of nitrogens with zero attached hydrogens (tertiary/aromatic N) is 5. The maximum Gasteiger partial charge on any atom is 0.195 e. The van der Waals surface area contributed by atoms with Crippen LogP contribution in [-0.2, 0) is 0 Å². The summed E-state index contributed by atoms with van der Waals surface area (Å²) in [5, 5.41) is 10.5. The van der Waals surface area contributed by atoms with Gasteiger partial charge in [0.1, 0.15) is 24.0 Å². The summed E-state index contributed by atoms with van der Waals surface area (Å²) in [5.74, 6) is 1.57. The van der Waals surface area contributed by atoms with E-state index in [-0.39, 0.29) is 0 Å². The molecule has 0 unspecified atom stereocenters. The Morgan fingerprint density at radius 2 is 1.84 bits per heavy atom. The number of nitriles is 1. The molecule has 4 rings (SSSR count). The number of hydrogen-bond donors (Lipinski definition) is 0. The molecule has 0 aliphatic rings. The SMILES string of the molecule is COc1ccc(N(C)c2ncnc3ccc4nc(C#N)sc4c23)cc1. The summed E-state index contributed by atoms with van der Waals surface area (Å²) in [7, 11) is 3.60. The van der Waals surface area contributed by atoms with E-state index in [0.29, 0.717) is 5.01 Å². The molecule has 0 atom stereocenters. The van der Waals surface area contributed by atoms with Crippen molar-refractivity contribution < 1.29 is 4.74 Å². The van der Waals surface area contributed by atoms with E-state index in [4.69, 9.17) is 10.00 Å². The standard InChI is InChI=1S/C18H13N5OS/c1-23(11-3-5-12(24-2)6-4-11)18-16-13(20-10-21-18)7-8-14-17(16)25-15(9-19)22-14/h3-8,10H,1-2H3. The molecule has 2 aromatic heterocycles. The van der Waals surface area contributed by atoms with E-state index in [1.165, 1.54) is 11.3 Å². The van der Waals surface area contributed by atoms with Crippen molar-refractivity contribution in [2.45, 2.75) is 0 Å². The van der Waals surface area contributed by atoms with Crippen molar-refractivity contribution >= 4 is 44.0 Å². The second-order valence-electron chi connectivity index (χ2n) is 5.39. The van der Waals surface area contributed by atoms with Gasteiger partial charge in [-0.25, -0.2) is 15.0 Å². The lowest BCUT2D eigenvalue weighted by Crippen LogP contribution is -2.12. The summed E-state index contributed by atoms with van der Waals surface area (Å²) < 4.78 is 6.14. The zero-order valence-corrected chi connectivity index (χ0v) is 14.4. The molecule has 0 amide bonds. The van der Waals surface area contributed by atoms with Crippen LogP contribution in [0, 0.1) is 11.3 Å². The van der Waals surface area contributed by atoms with Gasteiger partial charge in [0.05, 0.1) is 28.2 Å². The van der Waals surface area contributed by atoms with Gasteiger partial charge in [0.25, 0.3) is 0 Å². The highest BCUT2D eigenvalue weighted by atomic mass is 32.1. The Kier molecular flexibility index (Phi) is 3.67. The maximum atomic E-state index is 9.16. The van der Waals surface area contributed by atoms with Crippen LogP contribution in [0.5, 0.6) is 5.75 Å². The molecule has 0 aliphatic heterocycles. The van der Waals surface area contributed by atoms with Gasteiger partial charge in [-0.3, -0.25) is 0 Å². The Balaban J connectivity index is 1.93. The minimum atomic E-state index is 0.435. The molecular weight excluding hydrogens is 334 g/mol. The minimum Gasteiger partial charge on any atom is -0.497 e. The Hall–Kier alpha value is -3.24. The van der Waals surface area contributed by atoms with Crippen LogP contribution in [0.4, 0.5) is 11.5 Å². The fraction of sp³-hybridized carbons (Fsp3) is 0.111. The number of benzene rings is 2. The van der Waals surface area contributed by atoms with Crippen LogP contribution in [0.2, 0.25) is 0 Å². The largest absolute Gasteiger partial charge is 0.497 e. The molecule has 2 heterocycles. The molecule has 2 aromatic carbocycles. The third-order valence-electron chi connectivity index (χ3n) is 4.01. The summed E-state index contributed by atoms with van der Waals surface area (Å²) >= 11 is 1.36. The predicted octanol–water partition coefficient (Wildman–Crippen LogP) is 3.89. The summed E-state index contributed by atoms with van der Waals surface area (Å²) in [6.07, 6.45) is 1.55. The van der Waals surface area contributed by atoms with Gasteiger partial charge >= 0.3 is 0 Å². The number of rotatable bonds is 3. The Bertz CT molecular complexity index is 1110. The number of anilines is 2. The lowest BCUT2D eigenvalue weighted by atomic mass is 10.2. The summed E-state index contributed by atoms with van der Waals surface area (Å²) in [4.78, 5) is 15.2. The molecule has 0 spiro atoms. The van der Waals surface area contributed by atoms with E-state index in [2.05, 4.69) is 21.0 Å². The molecule has 0 saturated heterocycles. The van der Waals surface area contributed by atoms with Crippen LogP contribution in [0.25, 0.3) is 21.1 Å². The third kappa shape index (κ3) is 2.53. The number of aromatic nitrogens is 3.